The van der Waals surface area contributed by atoms with Gasteiger partial charge < -0.3 is 15.4 Å². The van der Waals surface area contributed by atoms with Crippen LogP contribution >= 0.6 is 0 Å². The molecule has 6 nitrogen and oxygen atoms in total. The van der Waals surface area contributed by atoms with Gasteiger partial charge in [0.2, 0.25) is 5.91 Å². The molecule has 1 unspecified atom stereocenters. The zero-order chi connectivity index (χ0) is 14.5. The fraction of sp³-hybridized carbons (Fsp3) is 0.500. The maximum atomic E-state index is 11.9. The van der Waals surface area contributed by atoms with Crippen molar-refractivity contribution in [1.29, 1.82) is 0 Å². The molecule has 0 bridgehead atoms. The van der Waals surface area contributed by atoms with Crippen LogP contribution in [0.25, 0.3) is 0 Å². The molecule has 20 heavy (non-hydrogen) atoms. The Labute approximate surface area is 117 Å². The first-order valence-electron chi connectivity index (χ1n) is 6.81. The Kier molecular flexibility index (Phi) is 4.55. The normalized spacial score (nSPS) is 15.3. The average molecular weight is 277 g/mol. The average Bonchev–Trinajstić information content (AvgIpc) is 3.23. The number of nitrogens with zero attached hydrogens (tertiary/aromatic N) is 1. The topological polar surface area (TPSA) is 80.3 Å². The second kappa shape index (κ2) is 6.36. The van der Waals surface area contributed by atoms with E-state index >= 15 is 0 Å². The molecule has 2 rings (SSSR count). The Hall–Kier alpha value is -2.11. The van der Waals surface area contributed by atoms with E-state index in [0.29, 0.717) is 24.0 Å². The summed E-state index contributed by atoms with van der Waals surface area (Å²) >= 11 is 0. The highest BCUT2D eigenvalue weighted by Crippen LogP contribution is 2.19. The zero-order valence-electron chi connectivity index (χ0n) is 11.7. The summed E-state index contributed by atoms with van der Waals surface area (Å²) in [6.45, 7) is 3.78. The van der Waals surface area contributed by atoms with Gasteiger partial charge in [-0.1, -0.05) is 0 Å². The number of pyridine rings is 1. The van der Waals surface area contributed by atoms with Crippen molar-refractivity contribution < 1.29 is 14.3 Å². The van der Waals surface area contributed by atoms with Gasteiger partial charge in [-0.25, -0.2) is 9.78 Å². The number of aromatic nitrogens is 1. The molecule has 6 heteroatoms. The maximum absolute atomic E-state index is 11.9. The highest BCUT2D eigenvalue weighted by molar-refractivity contribution is 5.95. The van der Waals surface area contributed by atoms with E-state index in [9.17, 15) is 9.59 Å². The first kappa shape index (κ1) is 14.3. The van der Waals surface area contributed by atoms with Gasteiger partial charge in [-0.2, -0.15) is 0 Å². The van der Waals surface area contributed by atoms with E-state index in [-0.39, 0.29) is 5.91 Å². The summed E-state index contributed by atoms with van der Waals surface area (Å²) in [7, 11) is 0. The van der Waals surface area contributed by atoms with Gasteiger partial charge in [-0.3, -0.25) is 4.79 Å². The Balaban J connectivity index is 2.03. The van der Waals surface area contributed by atoms with Crippen molar-refractivity contribution in [2.24, 2.45) is 0 Å². The number of nitrogens with one attached hydrogen (secondary N) is 2. The van der Waals surface area contributed by atoms with Crippen LogP contribution in [-0.2, 0) is 9.53 Å². The second-order valence-electron chi connectivity index (χ2n) is 4.77. The quantitative estimate of drug-likeness (QED) is 0.767. The summed E-state index contributed by atoms with van der Waals surface area (Å²) in [6, 6.07) is 3.13. The third-order valence-electron chi connectivity index (χ3n) is 2.97. The van der Waals surface area contributed by atoms with E-state index in [4.69, 9.17) is 4.74 Å². The minimum atomic E-state index is -0.460. The summed E-state index contributed by atoms with van der Waals surface area (Å²) in [6.07, 6.45) is 3.64. The first-order chi connectivity index (χ1) is 9.61. The number of carbonyl (C=O) groups excluding carboxylic acids is 2. The van der Waals surface area contributed by atoms with E-state index in [1.54, 1.807) is 32.2 Å². The van der Waals surface area contributed by atoms with Crippen LogP contribution in [0.5, 0.6) is 0 Å². The molecule has 0 aliphatic heterocycles. The lowest BCUT2D eigenvalue weighted by Crippen LogP contribution is -2.39. The van der Waals surface area contributed by atoms with Crippen molar-refractivity contribution in [1.82, 2.24) is 10.3 Å². The summed E-state index contributed by atoms with van der Waals surface area (Å²) in [5.74, 6) is -0.171. The predicted molar refractivity (Wildman–Crippen MR) is 74.4 cm³/mol. The molecule has 1 atom stereocenters. The van der Waals surface area contributed by atoms with Crippen LogP contribution < -0.4 is 10.6 Å². The first-order valence-corrected chi connectivity index (χ1v) is 6.81. The molecule has 1 aliphatic carbocycles. The van der Waals surface area contributed by atoms with Crippen molar-refractivity contribution in [3.8, 4) is 0 Å². The molecule has 1 aromatic heterocycles. The summed E-state index contributed by atoms with van der Waals surface area (Å²) in [5.41, 5.74) is 0.334. The fourth-order valence-electron chi connectivity index (χ4n) is 1.72. The van der Waals surface area contributed by atoms with Crippen molar-refractivity contribution in [2.75, 3.05) is 11.9 Å². The van der Waals surface area contributed by atoms with Gasteiger partial charge in [0.25, 0.3) is 0 Å². The Morgan fingerprint density at radius 1 is 1.50 bits per heavy atom. The van der Waals surface area contributed by atoms with Gasteiger partial charge in [0.05, 0.1) is 6.61 Å². The molecule has 0 spiro atoms. The van der Waals surface area contributed by atoms with Gasteiger partial charge >= 0.3 is 5.97 Å². The molecular formula is C14H19N3O3. The fourth-order valence-corrected chi connectivity index (χ4v) is 1.72. The van der Waals surface area contributed by atoms with E-state index in [1.807, 2.05) is 0 Å². The molecule has 1 heterocycles. The number of esters is 1. The van der Waals surface area contributed by atoms with Gasteiger partial charge in [-0.15, -0.1) is 0 Å². The minimum absolute atomic E-state index is 0.0899. The number of amides is 1. The molecule has 1 fully saturated rings. The molecule has 108 valence electrons. The highest BCUT2D eigenvalue weighted by Gasteiger charge is 2.26. The van der Waals surface area contributed by atoms with Crippen LogP contribution in [0, 0.1) is 0 Å². The van der Waals surface area contributed by atoms with Crippen LogP contribution in [0.15, 0.2) is 18.3 Å². The van der Waals surface area contributed by atoms with Crippen LogP contribution in [0.1, 0.15) is 37.0 Å². The van der Waals surface area contributed by atoms with Crippen LogP contribution in [-0.4, -0.2) is 35.6 Å². The van der Waals surface area contributed by atoms with Crippen molar-refractivity contribution >= 4 is 17.7 Å². The number of rotatable bonds is 6. The van der Waals surface area contributed by atoms with E-state index in [1.165, 1.54) is 0 Å². The van der Waals surface area contributed by atoms with E-state index < -0.39 is 12.0 Å². The van der Waals surface area contributed by atoms with E-state index in [0.717, 1.165) is 12.8 Å². The molecule has 0 saturated heterocycles. The number of anilines is 1. The number of ether oxygens (including phenoxy) is 1. The Morgan fingerprint density at radius 2 is 2.25 bits per heavy atom. The minimum Gasteiger partial charge on any atom is -0.462 e. The summed E-state index contributed by atoms with van der Waals surface area (Å²) in [5, 5.41) is 5.86. The SMILES string of the molecule is CCOC(=O)c1cccnc1NC(C)C(=O)NC1CC1. The molecular weight excluding hydrogens is 258 g/mol. The monoisotopic (exact) mass is 277 g/mol. The number of hydrogen-bond acceptors (Lipinski definition) is 5. The Bertz CT molecular complexity index is 500. The highest BCUT2D eigenvalue weighted by atomic mass is 16.5. The molecule has 1 amide bonds. The van der Waals surface area contributed by atoms with Gasteiger partial charge in [0.1, 0.15) is 17.4 Å². The number of hydrogen-bond donors (Lipinski definition) is 2. The van der Waals surface area contributed by atoms with Crippen molar-refractivity contribution in [3.63, 3.8) is 0 Å². The smallest absolute Gasteiger partial charge is 0.341 e. The molecule has 0 aromatic carbocycles. The standard InChI is InChI=1S/C14H19N3O3/c1-3-20-14(19)11-5-4-8-15-12(11)16-9(2)13(18)17-10-6-7-10/h4-5,8-10H,3,6-7H2,1-2H3,(H,15,16)(H,17,18). The largest absolute Gasteiger partial charge is 0.462 e. The molecule has 1 aliphatic rings. The molecule has 1 saturated carbocycles. The molecule has 2 N–H and O–H groups in total. The van der Waals surface area contributed by atoms with Crippen molar-refractivity contribution in [2.45, 2.75) is 38.8 Å². The lowest BCUT2D eigenvalue weighted by Gasteiger charge is -2.16. The summed E-state index contributed by atoms with van der Waals surface area (Å²) in [4.78, 5) is 27.8. The van der Waals surface area contributed by atoms with Crippen LogP contribution in [0.4, 0.5) is 5.82 Å². The predicted octanol–water partition coefficient (Wildman–Crippen LogP) is 1.34. The van der Waals surface area contributed by atoms with Crippen molar-refractivity contribution in [3.05, 3.63) is 23.9 Å². The third kappa shape index (κ3) is 3.69. The van der Waals surface area contributed by atoms with Crippen LogP contribution in [0.2, 0.25) is 0 Å². The molecule has 1 aromatic rings. The van der Waals surface area contributed by atoms with Crippen LogP contribution in [0.3, 0.4) is 0 Å². The third-order valence-corrected chi connectivity index (χ3v) is 2.97. The van der Waals surface area contributed by atoms with E-state index in [2.05, 4.69) is 15.6 Å². The van der Waals surface area contributed by atoms with Gasteiger partial charge in [-0.05, 0) is 38.8 Å². The zero-order valence-corrected chi connectivity index (χ0v) is 11.7. The Morgan fingerprint density at radius 3 is 2.90 bits per heavy atom. The van der Waals surface area contributed by atoms with Gasteiger partial charge in [0, 0.05) is 12.2 Å². The summed E-state index contributed by atoms with van der Waals surface area (Å²) < 4.78 is 4.97. The second-order valence-corrected chi connectivity index (χ2v) is 4.77. The molecule has 0 radical (unpaired) electrons. The lowest BCUT2D eigenvalue weighted by atomic mass is 10.2. The number of carbonyl (C=O) groups is 2. The van der Waals surface area contributed by atoms with Gasteiger partial charge in [0.15, 0.2) is 0 Å². The maximum Gasteiger partial charge on any atom is 0.341 e. The lowest BCUT2D eigenvalue weighted by molar-refractivity contribution is -0.121.